The zero-order valence-corrected chi connectivity index (χ0v) is 13.7. The number of benzene rings is 1. The van der Waals surface area contributed by atoms with E-state index in [1.165, 1.54) is 6.92 Å². The maximum absolute atomic E-state index is 12.0. The molecule has 24 heavy (non-hydrogen) atoms. The third-order valence-corrected chi connectivity index (χ3v) is 3.18. The molecular formula is C17H22N4O3. The van der Waals surface area contributed by atoms with Crippen LogP contribution >= 0.6 is 0 Å². The number of nitriles is 1. The van der Waals surface area contributed by atoms with Gasteiger partial charge < -0.3 is 16.0 Å². The molecule has 0 bridgehead atoms. The highest BCUT2D eigenvalue weighted by Crippen LogP contribution is 2.10. The fraction of sp³-hybridized carbons (Fsp3) is 0.412. The molecule has 0 aliphatic rings. The second-order valence-electron chi connectivity index (χ2n) is 5.26. The first-order chi connectivity index (χ1) is 11.5. The quantitative estimate of drug-likeness (QED) is 0.471. The first-order valence-corrected chi connectivity index (χ1v) is 7.82. The number of anilines is 1. The van der Waals surface area contributed by atoms with Crippen LogP contribution in [0, 0.1) is 11.3 Å². The molecule has 128 valence electrons. The zero-order valence-electron chi connectivity index (χ0n) is 13.7. The maximum atomic E-state index is 12.0. The Morgan fingerprint density at radius 3 is 2.62 bits per heavy atom. The Kier molecular flexibility index (Phi) is 8.61. The smallest absolute Gasteiger partial charge is 0.251 e. The summed E-state index contributed by atoms with van der Waals surface area (Å²) in [4.78, 5) is 34.3. The molecule has 0 radical (unpaired) electrons. The summed E-state index contributed by atoms with van der Waals surface area (Å²) in [5.74, 6) is -0.518. The van der Waals surface area contributed by atoms with Crippen LogP contribution in [0.25, 0.3) is 0 Å². The monoisotopic (exact) mass is 330 g/mol. The number of carbonyl (C=O) groups is 3. The van der Waals surface area contributed by atoms with Crippen molar-refractivity contribution in [1.82, 2.24) is 10.6 Å². The summed E-state index contributed by atoms with van der Waals surface area (Å²) in [6.45, 7) is 1.96. The SMILES string of the molecule is CC(=O)Nc1cccc(C(=O)NCCCCCC(=O)NCC#N)c1. The second-order valence-corrected chi connectivity index (χ2v) is 5.26. The van der Waals surface area contributed by atoms with Gasteiger partial charge in [0.25, 0.3) is 5.91 Å². The van der Waals surface area contributed by atoms with Crippen molar-refractivity contribution in [1.29, 1.82) is 5.26 Å². The fourth-order valence-corrected chi connectivity index (χ4v) is 2.06. The van der Waals surface area contributed by atoms with E-state index in [0.29, 0.717) is 30.6 Å². The molecule has 0 aliphatic carbocycles. The molecule has 0 aliphatic heterocycles. The van der Waals surface area contributed by atoms with E-state index in [0.717, 1.165) is 12.8 Å². The molecule has 3 amide bonds. The summed E-state index contributed by atoms with van der Waals surface area (Å²) in [5.41, 5.74) is 1.07. The van der Waals surface area contributed by atoms with Gasteiger partial charge in [0.2, 0.25) is 11.8 Å². The Balaban J connectivity index is 2.23. The first-order valence-electron chi connectivity index (χ1n) is 7.82. The predicted octanol–water partition coefficient (Wildman–Crippen LogP) is 1.57. The highest BCUT2D eigenvalue weighted by Gasteiger charge is 2.06. The standard InChI is InChI=1S/C17H22N4O3/c1-13(22)21-15-7-5-6-14(12-15)17(24)20-10-4-2-3-8-16(23)19-11-9-18/h5-7,12H,2-4,8,10-11H2,1H3,(H,19,23)(H,20,24)(H,21,22). The van der Waals surface area contributed by atoms with Gasteiger partial charge >= 0.3 is 0 Å². The van der Waals surface area contributed by atoms with Crippen LogP contribution in [0.3, 0.4) is 0 Å². The van der Waals surface area contributed by atoms with E-state index < -0.39 is 0 Å². The van der Waals surface area contributed by atoms with E-state index >= 15 is 0 Å². The summed E-state index contributed by atoms with van der Waals surface area (Å²) < 4.78 is 0. The number of rotatable bonds is 9. The molecule has 0 atom stereocenters. The minimum atomic E-state index is -0.200. The van der Waals surface area contributed by atoms with Crippen LogP contribution in [0.1, 0.15) is 43.0 Å². The normalized spacial score (nSPS) is 9.67. The van der Waals surface area contributed by atoms with Gasteiger partial charge in [0, 0.05) is 31.1 Å². The lowest BCUT2D eigenvalue weighted by atomic mass is 10.1. The number of nitrogens with zero attached hydrogens (tertiary/aromatic N) is 1. The third kappa shape index (κ3) is 7.94. The molecule has 7 heteroatoms. The third-order valence-electron chi connectivity index (χ3n) is 3.18. The van der Waals surface area contributed by atoms with E-state index in [-0.39, 0.29) is 24.3 Å². The molecule has 1 aromatic rings. The second kappa shape index (κ2) is 10.8. The van der Waals surface area contributed by atoms with E-state index in [2.05, 4.69) is 16.0 Å². The summed E-state index contributed by atoms with van der Waals surface area (Å²) in [5, 5.41) is 16.3. The van der Waals surface area contributed by atoms with Crippen molar-refractivity contribution in [3.63, 3.8) is 0 Å². The molecule has 0 saturated heterocycles. The predicted molar refractivity (Wildman–Crippen MR) is 90.2 cm³/mol. The number of amides is 3. The Morgan fingerprint density at radius 2 is 1.92 bits per heavy atom. The highest BCUT2D eigenvalue weighted by atomic mass is 16.2. The van der Waals surface area contributed by atoms with Gasteiger partial charge in [-0.2, -0.15) is 5.26 Å². The summed E-state index contributed by atoms with van der Waals surface area (Å²) in [7, 11) is 0. The minimum absolute atomic E-state index is 0.0342. The first kappa shape index (κ1) is 19.2. The van der Waals surface area contributed by atoms with Crippen LogP contribution in [0.5, 0.6) is 0 Å². The summed E-state index contributed by atoms with van der Waals surface area (Å²) in [6, 6.07) is 8.58. The summed E-state index contributed by atoms with van der Waals surface area (Å²) >= 11 is 0. The van der Waals surface area contributed by atoms with Gasteiger partial charge in [0.1, 0.15) is 6.54 Å². The number of hydrogen-bond acceptors (Lipinski definition) is 4. The number of nitrogens with one attached hydrogen (secondary N) is 3. The average molecular weight is 330 g/mol. The molecule has 0 aromatic heterocycles. The van der Waals surface area contributed by atoms with Crippen molar-refractivity contribution in [2.75, 3.05) is 18.4 Å². The van der Waals surface area contributed by atoms with Crippen LogP contribution in [-0.4, -0.2) is 30.8 Å². The van der Waals surface area contributed by atoms with Gasteiger partial charge in [0.15, 0.2) is 0 Å². The largest absolute Gasteiger partial charge is 0.352 e. The van der Waals surface area contributed by atoms with E-state index in [1.54, 1.807) is 24.3 Å². The van der Waals surface area contributed by atoms with Gasteiger partial charge in [0.05, 0.1) is 6.07 Å². The lowest BCUT2D eigenvalue weighted by molar-refractivity contribution is -0.121. The Hall–Kier alpha value is -2.88. The average Bonchev–Trinajstić information content (AvgIpc) is 2.55. The van der Waals surface area contributed by atoms with Crippen LogP contribution in [0.4, 0.5) is 5.69 Å². The fourth-order valence-electron chi connectivity index (χ4n) is 2.06. The van der Waals surface area contributed by atoms with Crippen molar-refractivity contribution in [3.05, 3.63) is 29.8 Å². The molecule has 0 fully saturated rings. The van der Waals surface area contributed by atoms with Crippen molar-refractivity contribution >= 4 is 23.4 Å². The van der Waals surface area contributed by atoms with Gasteiger partial charge in [-0.1, -0.05) is 12.5 Å². The van der Waals surface area contributed by atoms with Crippen molar-refractivity contribution in [2.24, 2.45) is 0 Å². The van der Waals surface area contributed by atoms with E-state index in [1.807, 2.05) is 6.07 Å². The molecule has 3 N–H and O–H groups in total. The van der Waals surface area contributed by atoms with Gasteiger partial charge in [-0.05, 0) is 31.0 Å². The Bertz CT molecular complexity index is 623. The highest BCUT2D eigenvalue weighted by molar-refractivity contribution is 5.96. The number of carbonyl (C=O) groups excluding carboxylic acids is 3. The minimum Gasteiger partial charge on any atom is -0.352 e. The topological polar surface area (TPSA) is 111 Å². The maximum Gasteiger partial charge on any atom is 0.251 e. The Labute approximate surface area is 141 Å². The van der Waals surface area contributed by atoms with Crippen LogP contribution in [-0.2, 0) is 9.59 Å². The van der Waals surface area contributed by atoms with Crippen LogP contribution < -0.4 is 16.0 Å². The van der Waals surface area contributed by atoms with Gasteiger partial charge in [-0.25, -0.2) is 0 Å². The van der Waals surface area contributed by atoms with Crippen LogP contribution in [0.2, 0.25) is 0 Å². The number of unbranched alkanes of at least 4 members (excludes halogenated alkanes) is 2. The molecule has 0 heterocycles. The molecular weight excluding hydrogens is 308 g/mol. The van der Waals surface area contributed by atoms with Gasteiger partial charge in [-0.15, -0.1) is 0 Å². The van der Waals surface area contributed by atoms with Crippen LogP contribution in [0.15, 0.2) is 24.3 Å². The molecule has 1 aromatic carbocycles. The zero-order chi connectivity index (χ0) is 17.8. The summed E-state index contributed by atoms with van der Waals surface area (Å²) in [6.07, 6.45) is 2.67. The lowest BCUT2D eigenvalue weighted by Crippen LogP contribution is -2.25. The lowest BCUT2D eigenvalue weighted by Gasteiger charge is -2.07. The molecule has 1 rings (SSSR count). The molecule has 7 nitrogen and oxygen atoms in total. The van der Waals surface area contributed by atoms with Crippen molar-refractivity contribution in [3.8, 4) is 6.07 Å². The molecule has 0 saturated carbocycles. The molecule has 0 spiro atoms. The number of hydrogen-bond donors (Lipinski definition) is 3. The Morgan fingerprint density at radius 1 is 1.12 bits per heavy atom. The van der Waals surface area contributed by atoms with Gasteiger partial charge in [-0.3, -0.25) is 14.4 Å². The molecule has 0 unspecified atom stereocenters. The van der Waals surface area contributed by atoms with Crippen molar-refractivity contribution in [2.45, 2.75) is 32.6 Å². The van der Waals surface area contributed by atoms with E-state index in [4.69, 9.17) is 5.26 Å². The van der Waals surface area contributed by atoms with Crippen molar-refractivity contribution < 1.29 is 14.4 Å². The van der Waals surface area contributed by atoms with E-state index in [9.17, 15) is 14.4 Å².